The van der Waals surface area contributed by atoms with Crippen molar-refractivity contribution in [3.05, 3.63) is 0 Å². The van der Waals surface area contributed by atoms with Crippen molar-refractivity contribution in [2.45, 2.75) is 37.8 Å². The molecule has 1 rings (SSSR count). The van der Waals surface area contributed by atoms with Gasteiger partial charge >= 0.3 is 0 Å². The van der Waals surface area contributed by atoms with Crippen LogP contribution in [0.4, 0.5) is 0 Å². The fraction of sp³-hybridized carbons (Fsp3) is 0.909. The maximum absolute atomic E-state index is 11.6. The van der Waals surface area contributed by atoms with Crippen LogP contribution in [0.1, 0.15) is 25.7 Å². The van der Waals surface area contributed by atoms with Gasteiger partial charge in [0.25, 0.3) is 0 Å². The molecule has 0 saturated heterocycles. The normalized spacial score (nSPS) is 26.7. The van der Waals surface area contributed by atoms with Crippen LogP contribution in [0.5, 0.6) is 0 Å². The van der Waals surface area contributed by atoms with Gasteiger partial charge in [-0.3, -0.25) is 4.79 Å². The van der Waals surface area contributed by atoms with Crippen molar-refractivity contribution in [3.8, 4) is 0 Å². The van der Waals surface area contributed by atoms with Gasteiger partial charge in [-0.05, 0) is 26.9 Å². The number of hydrogen-bond donors (Lipinski definition) is 1. The SMILES string of the molecule is CN(C)[C@H]1CCCC[C@H]1N(C)C(=O)CN. The van der Waals surface area contributed by atoms with E-state index in [0.29, 0.717) is 12.1 Å². The lowest BCUT2D eigenvalue weighted by Crippen LogP contribution is -2.52. The molecular formula is C11H23N3O. The van der Waals surface area contributed by atoms with Gasteiger partial charge in [0.1, 0.15) is 0 Å². The summed E-state index contributed by atoms with van der Waals surface area (Å²) in [7, 11) is 6.05. The van der Waals surface area contributed by atoms with Crippen molar-refractivity contribution in [3.63, 3.8) is 0 Å². The van der Waals surface area contributed by atoms with E-state index in [1.165, 1.54) is 19.3 Å². The third-order valence-electron chi connectivity index (χ3n) is 3.42. The minimum absolute atomic E-state index is 0.0498. The Morgan fingerprint density at radius 1 is 1.20 bits per heavy atom. The highest BCUT2D eigenvalue weighted by Gasteiger charge is 2.31. The minimum atomic E-state index is 0.0498. The molecular weight excluding hydrogens is 190 g/mol. The summed E-state index contributed by atoms with van der Waals surface area (Å²) in [4.78, 5) is 15.6. The molecule has 88 valence electrons. The Morgan fingerprint density at radius 3 is 2.20 bits per heavy atom. The summed E-state index contributed by atoms with van der Waals surface area (Å²) in [5.41, 5.74) is 5.40. The Kier molecular flexibility index (Phi) is 4.54. The predicted octanol–water partition coefficient (Wildman–Crippen LogP) is 0.276. The van der Waals surface area contributed by atoms with Crippen LogP contribution in [0, 0.1) is 0 Å². The number of rotatable bonds is 3. The molecule has 2 N–H and O–H groups in total. The molecule has 0 aromatic rings. The Bertz CT molecular complexity index is 218. The highest BCUT2D eigenvalue weighted by atomic mass is 16.2. The van der Waals surface area contributed by atoms with Crippen LogP contribution in [0.25, 0.3) is 0 Å². The Balaban J connectivity index is 2.67. The molecule has 0 radical (unpaired) electrons. The maximum atomic E-state index is 11.6. The fourth-order valence-corrected chi connectivity index (χ4v) is 2.47. The van der Waals surface area contributed by atoms with Crippen LogP contribution < -0.4 is 5.73 Å². The molecule has 4 heteroatoms. The van der Waals surface area contributed by atoms with Crippen molar-refractivity contribution >= 4 is 5.91 Å². The first-order valence-electron chi connectivity index (χ1n) is 5.70. The van der Waals surface area contributed by atoms with Gasteiger partial charge in [0.2, 0.25) is 5.91 Å². The molecule has 1 fully saturated rings. The van der Waals surface area contributed by atoms with Crippen LogP contribution in [0.15, 0.2) is 0 Å². The average molecular weight is 213 g/mol. The van der Waals surface area contributed by atoms with Gasteiger partial charge in [-0.15, -0.1) is 0 Å². The zero-order valence-corrected chi connectivity index (χ0v) is 10.1. The van der Waals surface area contributed by atoms with E-state index in [-0.39, 0.29) is 12.5 Å². The number of carbonyl (C=O) groups excluding carboxylic acids is 1. The van der Waals surface area contributed by atoms with Crippen LogP contribution in [-0.4, -0.2) is 55.5 Å². The highest BCUT2D eigenvalue weighted by Crippen LogP contribution is 2.25. The molecule has 1 aliphatic rings. The van der Waals surface area contributed by atoms with Gasteiger partial charge in [-0.1, -0.05) is 12.8 Å². The van der Waals surface area contributed by atoms with E-state index < -0.39 is 0 Å². The molecule has 0 aromatic carbocycles. The molecule has 1 saturated carbocycles. The van der Waals surface area contributed by atoms with Crippen LogP contribution in [0.2, 0.25) is 0 Å². The van der Waals surface area contributed by atoms with E-state index in [1.54, 1.807) is 0 Å². The lowest BCUT2D eigenvalue weighted by Gasteiger charge is -2.41. The first-order chi connectivity index (χ1) is 7.07. The summed E-state index contributed by atoms with van der Waals surface area (Å²) >= 11 is 0. The van der Waals surface area contributed by atoms with Crippen LogP contribution in [0.3, 0.4) is 0 Å². The molecule has 0 spiro atoms. The smallest absolute Gasteiger partial charge is 0.236 e. The number of likely N-dealkylation sites (N-methyl/N-ethyl adjacent to an activating group) is 2. The number of hydrogen-bond acceptors (Lipinski definition) is 3. The maximum Gasteiger partial charge on any atom is 0.236 e. The quantitative estimate of drug-likeness (QED) is 0.732. The van der Waals surface area contributed by atoms with Gasteiger partial charge in [0, 0.05) is 19.1 Å². The van der Waals surface area contributed by atoms with Crippen molar-refractivity contribution in [1.82, 2.24) is 9.80 Å². The molecule has 0 aromatic heterocycles. The Hall–Kier alpha value is -0.610. The van der Waals surface area contributed by atoms with Gasteiger partial charge in [-0.25, -0.2) is 0 Å². The predicted molar refractivity (Wildman–Crippen MR) is 61.6 cm³/mol. The largest absolute Gasteiger partial charge is 0.340 e. The third kappa shape index (κ3) is 2.92. The summed E-state index contributed by atoms with van der Waals surface area (Å²) in [6, 6.07) is 0.823. The second-order valence-corrected chi connectivity index (χ2v) is 4.59. The molecule has 0 heterocycles. The lowest BCUT2D eigenvalue weighted by molar-refractivity contribution is -0.132. The van der Waals surface area contributed by atoms with E-state index in [4.69, 9.17) is 5.73 Å². The minimum Gasteiger partial charge on any atom is -0.340 e. The second-order valence-electron chi connectivity index (χ2n) is 4.59. The van der Waals surface area contributed by atoms with Crippen molar-refractivity contribution < 1.29 is 4.79 Å². The molecule has 1 aliphatic carbocycles. The first kappa shape index (κ1) is 12.5. The van der Waals surface area contributed by atoms with E-state index >= 15 is 0 Å². The van der Waals surface area contributed by atoms with E-state index in [1.807, 2.05) is 11.9 Å². The molecule has 0 aliphatic heterocycles. The van der Waals surface area contributed by atoms with Crippen molar-refractivity contribution in [2.24, 2.45) is 5.73 Å². The van der Waals surface area contributed by atoms with Crippen molar-refractivity contribution in [2.75, 3.05) is 27.7 Å². The van der Waals surface area contributed by atoms with Crippen LogP contribution >= 0.6 is 0 Å². The van der Waals surface area contributed by atoms with Crippen molar-refractivity contribution in [1.29, 1.82) is 0 Å². The summed E-state index contributed by atoms with van der Waals surface area (Å²) in [5.74, 6) is 0.0498. The third-order valence-corrected chi connectivity index (χ3v) is 3.42. The van der Waals surface area contributed by atoms with Gasteiger partial charge in [0.05, 0.1) is 6.54 Å². The topological polar surface area (TPSA) is 49.6 Å². The zero-order chi connectivity index (χ0) is 11.4. The van der Waals surface area contributed by atoms with E-state index in [0.717, 1.165) is 6.42 Å². The summed E-state index contributed by atoms with van der Waals surface area (Å²) in [6.07, 6.45) is 4.77. The lowest BCUT2D eigenvalue weighted by atomic mass is 9.88. The molecule has 1 amide bonds. The van der Waals surface area contributed by atoms with Crippen LogP contribution in [-0.2, 0) is 4.79 Å². The standard InChI is InChI=1S/C11H23N3O/c1-13(2)9-6-4-5-7-10(9)14(3)11(15)8-12/h9-10H,4-8,12H2,1-3H3/t9-,10+/m0/s1. The first-order valence-corrected chi connectivity index (χ1v) is 5.70. The summed E-state index contributed by atoms with van der Waals surface area (Å²) in [6.45, 7) is 0.118. The summed E-state index contributed by atoms with van der Waals surface area (Å²) in [5, 5.41) is 0. The molecule has 0 unspecified atom stereocenters. The van der Waals surface area contributed by atoms with Gasteiger partial charge < -0.3 is 15.5 Å². The molecule has 15 heavy (non-hydrogen) atoms. The number of nitrogens with two attached hydrogens (primary N) is 1. The zero-order valence-electron chi connectivity index (χ0n) is 10.1. The highest BCUT2D eigenvalue weighted by molar-refractivity contribution is 5.78. The second kappa shape index (κ2) is 5.47. The number of nitrogens with zero attached hydrogens (tertiary/aromatic N) is 2. The van der Waals surface area contributed by atoms with Gasteiger partial charge in [0.15, 0.2) is 0 Å². The van der Waals surface area contributed by atoms with E-state index in [9.17, 15) is 4.79 Å². The Labute approximate surface area is 92.4 Å². The average Bonchev–Trinajstić information content (AvgIpc) is 2.27. The molecule has 4 nitrogen and oxygen atoms in total. The summed E-state index contributed by atoms with van der Waals surface area (Å²) < 4.78 is 0. The monoisotopic (exact) mass is 213 g/mol. The van der Waals surface area contributed by atoms with Gasteiger partial charge in [-0.2, -0.15) is 0 Å². The number of carbonyl (C=O) groups is 1. The van der Waals surface area contributed by atoms with E-state index in [2.05, 4.69) is 19.0 Å². The molecule has 2 atom stereocenters. The number of amides is 1. The molecule has 0 bridgehead atoms. The Morgan fingerprint density at radius 2 is 1.73 bits per heavy atom. The fourth-order valence-electron chi connectivity index (χ4n) is 2.47.